The zero-order valence-corrected chi connectivity index (χ0v) is 16.7. The first-order valence-corrected chi connectivity index (χ1v) is 9.71. The molecule has 1 heterocycles. The molecule has 0 aliphatic carbocycles. The van der Waals surface area contributed by atoms with Gasteiger partial charge in [0.1, 0.15) is 5.58 Å². The lowest BCUT2D eigenvalue weighted by atomic mass is 10.0. The van der Waals surface area contributed by atoms with Crippen LogP contribution in [0.5, 0.6) is 0 Å². The number of hydrogen-bond donors (Lipinski definition) is 1. The molecule has 1 aromatic heterocycles. The van der Waals surface area contributed by atoms with Gasteiger partial charge in [0.15, 0.2) is 17.8 Å². The van der Waals surface area contributed by atoms with Crippen molar-refractivity contribution in [1.82, 2.24) is 0 Å². The number of nitrogens with one attached hydrogen (secondary N) is 1. The van der Waals surface area contributed by atoms with E-state index in [4.69, 9.17) is 9.15 Å². The van der Waals surface area contributed by atoms with E-state index in [0.29, 0.717) is 22.2 Å². The van der Waals surface area contributed by atoms with Crippen molar-refractivity contribution in [3.8, 4) is 0 Å². The maximum absolute atomic E-state index is 12.8. The topological polar surface area (TPSA) is 103 Å². The monoisotopic (exact) mass is 427 g/mol. The lowest BCUT2D eigenvalue weighted by Crippen LogP contribution is -2.22. The molecular formula is C25H17NO6. The van der Waals surface area contributed by atoms with Crippen molar-refractivity contribution in [3.05, 3.63) is 112 Å². The van der Waals surface area contributed by atoms with Crippen LogP contribution < -0.4 is 10.7 Å². The van der Waals surface area contributed by atoms with E-state index in [1.54, 1.807) is 78.9 Å². The number of para-hydroxylation sites is 2. The average molecular weight is 427 g/mol. The van der Waals surface area contributed by atoms with Crippen LogP contribution in [0.15, 0.2) is 94.1 Å². The normalized spacial score (nSPS) is 10.5. The molecule has 0 atom stereocenters. The van der Waals surface area contributed by atoms with E-state index in [2.05, 4.69) is 5.32 Å². The molecular weight excluding hydrogens is 410 g/mol. The number of esters is 1. The van der Waals surface area contributed by atoms with Crippen LogP contribution in [0.1, 0.15) is 26.5 Å². The highest BCUT2D eigenvalue weighted by atomic mass is 16.5. The number of carbonyl (C=O) groups is 3. The number of hydrogen-bond acceptors (Lipinski definition) is 6. The second-order valence-electron chi connectivity index (χ2n) is 6.84. The number of anilines is 1. The number of ketones is 1. The van der Waals surface area contributed by atoms with Crippen molar-refractivity contribution in [1.29, 1.82) is 0 Å². The van der Waals surface area contributed by atoms with Crippen molar-refractivity contribution < 1.29 is 23.5 Å². The van der Waals surface area contributed by atoms with Gasteiger partial charge in [-0.3, -0.25) is 14.4 Å². The van der Waals surface area contributed by atoms with Crippen molar-refractivity contribution in [3.63, 3.8) is 0 Å². The van der Waals surface area contributed by atoms with Gasteiger partial charge in [0, 0.05) is 17.2 Å². The Bertz CT molecular complexity index is 1370. The van der Waals surface area contributed by atoms with Crippen LogP contribution in [0.25, 0.3) is 11.0 Å². The fourth-order valence-electron chi connectivity index (χ4n) is 3.13. The molecule has 0 saturated heterocycles. The number of amides is 1. The van der Waals surface area contributed by atoms with Gasteiger partial charge in [-0.15, -0.1) is 0 Å². The summed E-state index contributed by atoms with van der Waals surface area (Å²) in [4.78, 5) is 49.5. The van der Waals surface area contributed by atoms with Crippen molar-refractivity contribution in [2.45, 2.75) is 0 Å². The quantitative estimate of drug-likeness (QED) is 0.371. The minimum atomic E-state index is -0.948. The van der Waals surface area contributed by atoms with Crippen molar-refractivity contribution >= 4 is 34.3 Å². The zero-order valence-electron chi connectivity index (χ0n) is 16.7. The smallest absolute Gasteiger partial charge is 0.374 e. The van der Waals surface area contributed by atoms with Crippen LogP contribution in [0.3, 0.4) is 0 Å². The Hall–Kier alpha value is -4.52. The first-order chi connectivity index (χ1) is 15.5. The van der Waals surface area contributed by atoms with Crippen LogP contribution in [0.4, 0.5) is 5.69 Å². The second-order valence-corrected chi connectivity index (χ2v) is 6.84. The molecule has 0 radical (unpaired) electrons. The van der Waals surface area contributed by atoms with Gasteiger partial charge in [-0.2, -0.15) is 0 Å². The Morgan fingerprint density at radius 3 is 2.34 bits per heavy atom. The minimum Gasteiger partial charge on any atom is -0.450 e. The summed E-state index contributed by atoms with van der Waals surface area (Å²) in [5.74, 6) is -2.15. The molecule has 0 fully saturated rings. The lowest BCUT2D eigenvalue weighted by Gasteiger charge is -2.11. The molecule has 158 valence electrons. The number of ether oxygens (including phenoxy) is 1. The molecule has 0 aliphatic heterocycles. The molecule has 1 amide bonds. The zero-order chi connectivity index (χ0) is 22.5. The second kappa shape index (κ2) is 9.09. The fourth-order valence-corrected chi connectivity index (χ4v) is 3.13. The highest BCUT2D eigenvalue weighted by Gasteiger charge is 2.18. The van der Waals surface area contributed by atoms with Crippen molar-refractivity contribution in [2.24, 2.45) is 0 Å². The van der Waals surface area contributed by atoms with Gasteiger partial charge in [-0.05, 0) is 24.3 Å². The molecule has 0 saturated carbocycles. The third kappa shape index (κ3) is 4.46. The first kappa shape index (κ1) is 20.7. The fraction of sp³-hybridized carbons (Fsp3) is 0.0400. The molecule has 0 unspecified atom stereocenters. The van der Waals surface area contributed by atoms with Gasteiger partial charge in [-0.1, -0.05) is 54.6 Å². The van der Waals surface area contributed by atoms with E-state index in [1.807, 2.05) is 0 Å². The molecule has 0 aliphatic rings. The summed E-state index contributed by atoms with van der Waals surface area (Å²) in [6.45, 7) is -0.622. The number of rotatable bonds is 6. The summed E-state index contributed by atoms with van der Waals surface area (Å²) < 4.78 is 10.4. The summed E-state index contributed by atoms with van der Waals surface area (Å²) in [5.41, 5.74) is 0.923. The number of benzene rings is 3. The predicted octanol–water partition coefficient (Wildman–Crippen LogP) is 3.82. The number of fused-ring (bicyclic) bond motifs is 1. The van der Waals surface area contributed by atoms with Crippen LogP contribution >= 0.6 is 0 Å². The molecule has 0 spiro atoms. The largest absolute Gasteiger partial charge is 0.450 e. The third-order valence-corrected chi connectivity index (χ3v) is 4.65. The Morgan fingerprint density at radius 1 is 0.844 bits per heavy atom. The highest BCUT2D eigenvalue weighted by Crippen LogP contribution is 2.19. The highest BCUT2D eigenvalue weighted by molar-refractivity contribution is 6.14. The third-order valence-electron chi connectivity index (χ3n) is 4.65. The molecule has 0 bridgehead atoms. The number of carbonyl (C=O) groups excluding carboxylic acids is 3. The van der Waals surface area contributed by atoms with Crippen LogP contribution in [-0.2, 0) is 9.53 Å². The Labute approximate surface area is 182 Å². The summed E-state index contributed by atoms with van der Waals surface area (Å²) >= 11 is 0. The molecule has 1 N–H and O–H groups in total. The molecule has 7 nitrogen and oxygen atoms in total. The Kier molecular flexibility index (Phi) is 5.89. The summed E-state index contributed by atoms with van der Waals surface area (Å²) in [6, 6.07) is 22.7. The average Bonchev–Trinajstić information content (AvgIpc) is 2.83. The predicted molar refractivity (Wildman–Crippen MR) is 118 cm³/mol. The van der Waals surface area contributed by atoms with E-state index in [9.17, 15) is 19.2 Å². The van der Waals surface area contributed by atoms with Crippen LogP contribution in [-0.4, -0.2) is 24.3 Å². The van der Waals surface area contributed by atoms with Gasteiger partial charge in [0.2, 0.25) is 5.76 Å². The molecule has 4 rings (SSSR count). The molecule has 3 aromatic carbocycles. The summed E-state index contributed by atoms with van der Waals surface area (Å²) in [5, 5.41) is 2.91. The molecule has 7 heteroatoms. The standard InChI is InChI=1S/C25H17NO6/c27-20-14-22(32-21-13-7-5-11-18(20)21)25(30)31-15-23(28)26-19-12-6-4-10-17(19)24(29)16-8-2-1-3-9-16/h1-14H,15H2,(H,26,28). The Morgan fingerprint density at radius 2 is 1.53 bits per heavy atom. The Balaban J connectivity index is 1.44. The van der Waals surface area contributed by atoms with Crippen LogP contribution in [0, 0.1) is 0 Å². The van der Waals surface area contributed by atoms with E-state index in [-0.39, 0.29) is 17.1 Å². The minimum absolute atomic E-state index is 0.241. The van der Waals surface area contributed by atoms with Crippen molar-refractivity contribution in [2.75, 3.05) is 11.9 Å². The summed E-state index contributed by atoms with van der Waals surface area (Å²) in [6.07, 6.45) is 0. The first-order valence-electron chi connectivity index (χ1n) is 9.71. The van der Waals surface area contributed by atoms with Crippen LogP contribution in [0.2, 0.25) is 0 Å². The van der Waals surface area contributed by atoms with Gasteiger partial charge in [-0.25, -0.2) is 4.79 Å². The maximum atomic E-state index is 12.8. The molecule has 4 aromatic rings. The van der Waals surface area contributed by atoms with Gasteiger partial charge in [0.05, 0.1) is 11.1 Å². The van der Waals surface area contributed by atoms with E-state index < -0.39 is 23.9 Å². The summed E-state index contributed by atoms with van der Waals surface area (Å²) in [7, 11) is 0. The van der Waals surface area contributed by atoms with E-state index >= 15 is 0 Å². The van der Waals surface area contributed by atoms with Gasteiger partial charge >= 0.3 is 5.97 Å². The van der Waals surface area contributed by atoms with Gasteiger partial charge in [0.25, 0.3) is 5.91 Å². The van der Waals surface area contributed by atoms with E-state index in [0.717, 1.165) is 6.07 Å². The van der Waals surface area contributed by atoms with E-state index in [1.165, 1.54) is 0 Å². The SMILES string of the molecule is O=C(COC(=O)c1cc(=O)c2ccccc2o1)Nc1ccccc1C(=O)c1ccccc1. The maximum Gasteiger partial charge on any atom is 0.374 e. The molecule has 32 heavy (non-hydrogen) atoms. The lowest BCUT2D eigenvalue weighted by molar-refractivity contribution is -0.119. The van der Waals surface area contributed by atoms with Gasteiger partial charge < -0.3 is 14.5 Å².